The third-order valence-electron chi connectivity index (χ3n) is 1.61. The topological polar surface area (TPSA) is 69.2 Å². The van der Waals surface area contributed by atoms with Crippen molar-refractivity contribution < 1.29 is 9.47 Å². The molecule has 0 saturated heterocycles. The molecule has 0 spiro atoms. The monoisotopic (exact) mass is 246 g/mol. The molecule has 1 aromatic heterocycles. The van der Waals surface area contributed by atoms with Gasteiger partial charge in [0.25, 0.3) is 0 Å². The van der Waals surface area contributed by atoms with Gasteiger partial charge in [-0.1, -0.05) is 6.92 Å². The van der Waals surface area contributed by atoms with Crippen LogP contribution in [-0.2, 0) is 4.74 Å². The second-order valence-corrected chi connectivity index (χ2v) is 3.32. The molecule has 0 aliphatic heterocycles. The minimum absolute atomic E-state index is 0.112. The lowest BCUT2D eigenvalue weighted by molar-refractivity contribution is 0.210. The highest BCUT2D eigenvalue weighted by molar-refractivity contribution is 6.28. The first-order chi connectivity index (χ1) is 7.76. The molecular weight excluding hydrogens is 232 g/mol. The van der Waals surface area contributed by atoms with E-state index in [0.29, 0.717) is 25.7 Å². The van der Waals surface area contributed by atoms with Crippen LogP contribution < -0.4 is 10.1 Å². The fourth-order valence-electron chi connectivity index (χ4n) is 0.934. The lowest BCUT2D eigenvalue weighted by Gasteiger charge is -2.06. The molecule has 0 amide bonds. The molecule has 0 bridgehead atoms. The van der Waals surface area contributed by atoms with Crippen molar-refractivity contribution in [2.45, 2.75) is 13.3 Å². The van der Waals surface area contributed by atoms with Crippen LogP contribution in [0.5, 0.6) is 6.01 Å². The van der Waals surface area contributed by atoms with Crippen molar-refractivity contribution in [2.24, 2.45) is 0 Å². The maximum atomic E-state index is 5.73. The molecule has 0 fully saturated rings. The van der Waals surface area contributed by atoms with E-state index in [1.54, 1.807) is 7.11 Å². The summed E-state index contributed by atoms with van der Waals surface area (Å²) in [7, 11) is 1.62. The average Bonchev–Trinajstić information content (AvgIpc) is 2.26. The van der Waals surface area contributed by atoms with Crippen molar-refractivity contribution >= 4 is 17.5 Å². The van der Waals surface area contributed by atoms with E-state index in [9.17, 15) is 0 Å². The van der Waals surface area contributed by atoms with E-state index in [2.05, 4.69) is 20.3 Å². The Kier molecular flexibility index (Phi) is 5.81. The quantitative estimate of drug-likeness (QED) is 0.733. The van der Waals surface area contributed by atoms with Crippen molar-refractivity contribution in [2.75, 3.05) is 32.2 Å². The highest BCUT2D eigenvalue weighted by Crippen LogP contribution is 2.11. The van der Waals surface area contributed by atoms with E-state index in [1.807, 2.05) is 6.92 Å². The second kappa shape index (κ2) is 7.19. The largest absolute Gasteiger partial charge is 0.463 e. The fourth-order valence-corrected chi connectivity index (χ4v) is 1.09. The van der Waals surface area contributed by atoms with Gasteiger partial charge in [-0.2, -0.15) is 15.0 Å². The fraction of sp³-hybridized carbons (Fsp3) is 0.667. The van der Waals surface area contributed by atoms with Crippen molar-refractivity contribution in [3.05, 3.63) is 5.28 Å². The van der Waals surface area contributed by atoms with Crippen molar-refractivity contribution in [3.8, 4) is 6.01 Å². The van der Waals surface area contributed by atoms with E-state index >= 15 is 0 Å². The van der Waals surface area contributed by atoms with Crippen LogP contribution in [0.3, 0.4) is 0 Å². The van der Waals surface area contributed by atoms with E-state index in [-0.39, 0.29) is 11.3 Å². The number of nitrogens with one attached hydrogen (secondary N) is 1. The zero-order chi connectivity index (χ0) is 11.8. The number of hydrogen-bond acceptors (Lipinski definition) is 6. The molecule has 7 heteroatoms. The second-order valence-electron chi connectivity index (χ2n) is 2.98. The number of ether oxygens (including phenoxy) is 2. The Morgan fingerprint density at radius 2 is 2.06 bits per heavy atom. The standard InChI is InChI=1S/C9H15ClN4O2/c1-3-5-16-9-13-7(10)12-8(14-9)11-4-6-15-2/h3-6H2,1-2H3,(H,11,12,13,14). The Morgan fingerprint density at radius 3 is 2.75 bits per heavy atom. The zero-order valence-electron chi connectivity index (χ0n) is 9.36. The molecule has 0 radical (unpaired) electrons. The molecule has 6 nitrogen and oxygen atoms in total. The van der Waals surface area contributed by atoms with Gasteiger partial charge in [0.05, 0.1) is 13.2 Å². The first-order valence-electron chi connectivity index (χ1n) is 5.03. The van der Waals surface area contributed by atoms with E-state index < -0.39 is 0 Å². The van der Waals surface area contributed by atoms with E-state index in [1.165, 1.54) is 0 Å². The van der Waals surface area contributed by atoms with E-state index in [0.717, 1.165) is 6.42 Å². The lowest BCUT2D eigenvalue weighted by atomic mass is 10.5. The number of rotatable bonds is 7. The normalized spacial score (nSPS) is 10.2. The summed E-state index contributed by atoms with van der Waals surface area (Å²) >= 11 is 5.73. The molecule has 0 unspecified atom stereocenters. The minimum atomic E-state index is 0.112. The maximum Gasteiger partial charge on any atom is 0.322 e. The number of anilines is 1. The molecule has 1 N–H and O–H groups in total. The van der Waals surface area contributed by atoms with Gasteiger partial charge in [0.2, 0.25) is 11.2 Å². The van der Waals surface area contributed by atoms with Gasteiger partial charge < -0.3 is 14.8 Å². The number of methoxy groups -OCH3 is 1. The molecule has 1 aromatic rings. The Balaban J connectivity index is 2.58. The van der Waals surface area contributed by atoms with Gasteiger partial charge in [-0.25, -0.2) is 0 Å². The third kappa shape index (κ3) is 4.59. The van der Waals surface area contributed by atoms with Gasteiger partial charge in [0, 0.05) is 13.7 Å². The van der Waals surface area contributed by atoms with Gasteiger partial charge in [-0.05, 0) is 18.0 Å². The summed E-state index contributed by atoms with van der Waals surface area (Å²) in [5, 5.41) is 3.06. The smallest absolute Gasteiger partial charge is 0.322 e. The van der Waals surface area contributed by atoms with Crippen LogP contribution in [0, 0.1) is 0 Å². The number of hydrogen-bond donors (Lipinski definition) is 1. The average molecular weight is 247 g/mol. The SMILES string of the molecule is CCCOc1nc(Cl)nc(NCCOC)n1. The summed E-state index contributed by atoms with van der Waals surface area (Å²) in [6, 6.07) is 0.238. The summed E-state index contributed by atoms with van der Waals surface area (Å²) in [6.07, 6.45) is 0.885. The highest BCUT2D eigenvalue weighted by Gasteiger charge is 2.04. The molecule has 1 heterocycles. The van der Waals surface area contributed by atoms with E-state index in [4.69, 9.17) is 21.1 Å². The predicted molar refractivity (Wildman–Crippen MR) is 61.0 cm³/mol. The Labute approximate surface area is 99.4 Å². The highest BCUT2D eigenvalue weighted by atomic mass is 35.5. The first-order valence-corrected chi connectivity index (χ1v) is 5.41. The van der Waals surface area contributed by atoms with Crippen LogP contribution in [0.2, 0.25) is 5.28 Å². The van der Waals surface area contributed by atoms with Crippen molar-refractivity contribution in [1.29, 1.82) is 0 Å². The first kappa shape index (κ1) is 12.9. The van der Waals surface area contributed by atoms with Crippen LogP contribution in [0.25, 0.3) is 0 Å². The van der Waals surface area contributed by atoms with Crippen LogP contribution in [-0.4, -0.2) is 41.8 Å². The minimum Gasteiger partial charge on any atom is -0.463 e. The molecule has 1 rings (SSSR count). The van der Waals surface area contributed by atoms with Crippen LogP contribution >= 0.6 is 11.6 Å². The van der Waals surface area contributed by atoms with Crippen LogP contribution in [0.1, 0.15) is 13.3 Å². The number of nitrogens with zero attached hydrogens (tertiary/aromatic N) is 3. The summed E-state index contributed by atoms with van der Waals surface area (Å²) in [4.78, 5) is 11.8. The van der Waals surface area contributed by atoms with Gasteiger partial charge >= 0.3 is 6.01 Å². The Hall–Kier alpha value is -1.14. The van der Waals surface area contributed by atoms with Gasteiger partial charge in [-0.3, -0.25) is 0 Å². The Morgan fingerprint density at radius 1 is 1.25 bits per heavy atom. The van der Waals surface area contributed by atoms with Gasteiger partial charge in [-0.15, -0.1) is 0 Å². The molecule has 0 saturated carbocycles. The summed E-state index contributed by atoms with van der Waals surface area (Å²) in [5.41, 5.74) is 0. The molecule has 0 aliphatic carbocycles. The Bertz CT molecular complexity index is 324. The van der Waals surface area contributed by atoms with Crippen LogP contribution in [0.15, 0.2) is 0 Å². The van der Waals surface area contributed by atoms with Crippen molar-refractivity contribution in [1.82, 2.24) is 15.0 Å². The lowest BCUT2D eigenvalue weighted by Crippen LogP contribution is -2.12. The predicted octanol–water partition coefficient (Wildman–Crippen LogP) is 1.37. The zero-order valence-corrected chi connectivity index (χ0v) is 10.1. The maximum absolute atomic E-state index is 5.73. The van der Waals surface area contributed by atoms with Crippen LogP contribution in [0.4, 0.5) is 5.95 Å². The number of halogens is 1. The molecule has 0 atom stereocenters. The molecule has 0 aliphatic rings. The summed E-state index contributed by atoms with van der Waals surface area (Å²) in [6.45, 7) is 3.72. The summed E-state index contributed by atoms with van der Waals surface area (Å²) in [5.74, 6) is 0.392. The van der Waals surface area contributed by atoms with Gasteiger partial charge in [0.1, 0.15) is 0 Å². The molecule has 0 aromatic carbocycles. The number of aromatic nitrogens is 3. The van der Waals surface area contributed by atoms with Crippen molar-refractivity contribution in [3.63, 3.8) is 0 Å². The summed E-state index contributed by atoms with van der Waals surface area (Å²) < 4.78 is 10.2. The molecule has 90 valence electrons. The third-order valence-corrected chi connectivity index (χ3v) is 1.78. The molecule has 16 heavy (non-hydrogen) atoms. The molecular formula is C9H15ClN4O2. The van der Waals surface area contributed by atoms with Gasteiger partial charge in [0.15, 0.2) is 0 Å².